The quantitative estimate of drug-likeness (QED) is 0.830. The Bertz CT molecular complexity index is 799. The van der Waals surface area contributed by atoms with E-state index in [0.29, 0.717) is 11.4 Å². The minimum Gasteiger partial charge on any atom is -0.497 e. The SMILES string of the molecule is COc1cccc(NC2=C(Cl)C(=O)O[C@@H]2OC(=O)c2ccco2)c1. The van der Waals surface area contributed by atoms with Crippen molar-refractivity contribution in [2.45, 2.75) is 6.29 Å². The molecule has 1 N–H and O–H groups in total. The second-order valence-electron chi connectivity index (χ2n) is 4.70. The number of esters is 2. The number of rotatable bonds is 5. The average Bonchev–Trinajstić information content (AvgIpc) is 3.20. The fourth-order valence-electron chi connectivity index (χ4n) is 2.02. The molecule has 1 aromatic carbocycles. The zero-order valence-corrected chi connectivity index (χ0v) is 13.2. The van der Waals surface area contributed by atoms with Gasteiger partial charge in [-0.2, -0.15) is 0 Å². The molecule has 0 radical (unpaired) electrons. The zero-order chi connectivity index (χ0) is 17.1. The maximum absolute atomic E-state index is 12.0. The lowest BCUT2D eigenvalue weighted by Gasteiger charge is -2.16. The molecule has 1 aromatic heterocycles. The van der Waals surface area contributed by atoms with Crippen LogP contribution in [0.15, 0.2) is 57.8 Å². The van der Waals surface area contributed by atoms with Gasteiger partial charge in [0.05, 0.1) is 13.4 Å². The van der Waals surface area contributed by atoms with E-state index in [9.17, 15) is 9.59 Å². The number of hydrogen-bond acceptors (Lipinski definition) is 7. The molecule has 0 spiro atoms. The van der Waals surface area contributed by atoms with Gasteiger partial charge in [-0.05, 0) is 24.3 Å². The molecule has 0 bridgehead atoms. The second kappa shape index (κ2) is 6.67. The first kappa shape index (κ1) is 15.9. The standard InChI is InChI=1S/C16H12ClNO6/c1-21-10-5-2-4-9(8-10)18-13-12(17)15(20)24-16(13)23-14(19)11-6-3-7-22-11/h2-8,16,18H,1H3/t16-/m0/s1. The van der Waals surface area contributed by atoms with Crippen molar-refractivity contribution in [1.29, 1.82) is 0 Å². The number of cyclic esters (lactones) is 1. The van der Waals surface area contributed by atoms with Crippen LogP contribution in [-0.4, -0.2) is 25.3 Å². The maximum atomic E-state index is 12.0. The van der Waals surface area contributed by atoms with Crippen molar-refractivity contribution in [1.82, 2.24) is 0 Å². The fraction of sp³-hybridized carbons (Fsp3) is 0.125. The number of ether oxygens (including phenoxy) is 3. The van der Waals surface area contributed by atoms with Gasteiger partial charge in [-0.3, -0.25) is 0 Å². The Hall–Kier alpha value is -2.93. The third kappa shape index (κ3) is 3.21. The molecule has 0 saturated heterocycles. The van der Waals surface area contributed by atoms with Gasteiger partial charge in [0.1, 0.15) is 11.4 Å². The number of methoxy groups -OCH3 is 1. The van der Waals surface area contributed by atoms with E-state index in [0.717, 1.165) is 0 Å². The molecule has 1 atom stereocenters. The van der Waals surface area contributed by atoms with Crippen LogP contribution in [0, 0.1) is 0 Å². The van der Waals surface area contributed by atoms with E-state index >= 15 is 0 Å². The molecule has 2 aromatic rings. The van der Waals surface area contributed by atoms with Crippen LogP contribution in [0.3, 0.4) is 0 Å². The lowest BCUT2D eigenvalue weighted by atomic mass is 10.3. The van der Waals surface area contributed by atoms with Crippen molar-refractivity contribution < 1.29 is 28.2 Å². The molecule has 124 valence electrons. The fourth-order valence-corrected chi connectivity index (χ4v) is 2.21. The molecule has 0 saturated carbocycles. The summed E-state index contributed by atoms with van der Waals surface area (Å²) in [6.45, 7) is 0. The number of carbonyl (C=O) groups is 2. The Morgan fingerprint density at radius 3 is 2.83 bits per heavy atom. The van der Waals surface area contributed by atoms with E-state index in [2.05, 4.69) is 5.32 Å². The van der Waals surface area contributed by atoms with Gasteiger partial charge in [-0.25, -0.2) is 9.59 Å². The highest BCUT2D eigenvalue weighted by Crippen LogP contribution is 2.29. The van der Waals surface area contributed by atoms with E-state index in [1.165, 1.54) is 25.5 Å². The predicted octanol–water partition coefficient (Wildman–Crippen LogP) is 2.89. The summed E-state index contributed by atoms with van der Waals surface area (Å²) in [7, 11) is 1.53. The summed E-state index contributed by atoms with van der Waals surface area (Å²) in [5, 5.41) is 2.71. The van der Waals surface area contributed by atoms with E-state index in [1.54, 1.807) is 24.3 Å². The van der Waals surface area contributed by atoms with Crippen molar-refractivity contribution in [2.75, 3.05) is 12.4 Å². The monoisotopic (exact) mass is 349 g/mol. The molecule has 1 aliphatic heterocycles. The Balaban J connectivity index is 1.80. The predicted molar refractivity (Wildman–Crippen MR) is 83.5 cm³/mol. The maximum Gasteiger partial charge on any atom is 0.377 e. The van der Waals surface area contributed by atoms with E-state index < -0.39 is 18.2 Å². The molecule has 24 heavy (non-hydrogen) atoms. The van der Waals surface area contributed by atoms with Crippen molar-refractivity contribution in [3.8, 4) is 5.75 Å². The Morgan fingerprint density at radius 2 is 2.12 bits per heavy atom. The molecule has 0 fully saturated rings. The van der Waals surface area contributed by atoms with Crippen LogP contribution in [0.1, 0.15) is 10.6 Å². The normalized spacial score (nSPS) is 16.8. The molecule has 1 aliphatic rings. The van der Waals surface area contributed by atoms with Crippen molar-refractivity contribution in [2.24, 2.45) is 0 Å². The number of carbonyl (C=O) groups excluding carboxylic acids is 2. The van der Waals surface area contributed by atoms with E-state index in [1.807, 2.05) is 0 Å². The number of furan rings is 1. The highest BCUT2D eigenvalue weighted by atomic mass is 35.5. The highest BCUT2D eigenvalue weighted by Gasteiger charge is 2.37. The summed E-state index contributed by atoms with van der Waals surface area (Å²) < 4.78 is 20.2. The molecular weight excluding hydrogens is 338 g/mol. The summed E-state index contributed by atoms with van der Waals surface area (Å²) in [5.74, 6) is -0.991. The van der Waals surface area contributed by atoms with E-state index in [4.69, 9.17) is 30.2 Å². The minimum atomic E-state index is -1.30. The first-order valence-electron chi connectivity index (χ1n) is 6.84. The minimum absolute atomic E-state index is 0.0187. The van der Waals surface area contributed by atoms with Gasteiger partial charge < -0.3 is 23.9 Å². The smallest absolute Gasteiger partial charge is 0.377 e. The van der Waals surface area contributed by atoms with Gasteiger partial charge in [0, 0.05) is 11.8 Å². The topological polar surface area (TPSA) is 87.0 Å². The summed E-state index contributed by atoms with van der Waals surface area (Å²) >= 11 is 5.95. The largest absolute Gasteiger partial charge is 0.497 e. The number of hydrogen-bond donors (Lipinski definition) is 1. The van der Waals surface area contributed by atoms with Crippen LogP contribution in [0.25, 0.3) is 0 Å². The van der Waals surface area contributed by atoms with Crippen molar-refractivity contribution in [3.05, 3.63) is 59.2 Å². The molecule has 3 rings (SSSR count). The summed E-state index contributed by atoms with van der Waals surface area (Å²) in [6.07, 6.45) is 0.0314. The number of anilines is 1. The Labute approximate surface area is 141 Å². The molecular formula is C16H12ClNO6. The van der Waals surface area contributed by atoms with Crippen molar-refractivity contribution >= 4 is 29.2 Å². The molecule has 2 heterocycles. The molecule has 0 amide bonds. The first-order valence-corrected chi connectivity index (χ1v) is 7.22. The Kier molecular flexibility index (Phi) is 4.43. The van der Waals surface area contributed by atoms with Crippen LogP contribution in [0.5, 0.6) is 5.75 Å². The lowest BCUT2D eigenvalue weighted by molar-refractivity contribution is -0.152. The Morgan fingerprint density at radius 1 is 1.29 bits per heavy atom. The first-order chi connectivity index (χ1) is 11.6. The van der Waals surface area contributed by atoms with Gasteiger partial charge in [-0.1, -0.05) is 17.7 Å². The van der Waals surface area contributed by atoms with Crippen LogP contribution in [-0.2, 0) is 14.3 Å². The van der Waals surface area contributed by atoms with Gasteiger partial charge in [0.2, 0.25) is 5.76 Å². The summed E-state index contributed by atoms with van der Waals surface area (Å²) in [6, 6.07) is 9.89. The van der Waals surface area contributed by atoms with Gasteiger partial charge in [0.15, 0.2) is 5.03 Å². The van der Waals surface area contributed by atoms with Crippen LogP contribution in [0.4, 0.5) is 5.69 Å². The third-order valence-corrected chi connectivity index (χ3v) is 3.51. The van der Waals surface area contributed by atoms with Crippen LogP contribution in [0.2, 0.25) is 0 Å². The summed E-state index contributed by atoms with van der Waals surface area (Å²) in [4.78, 5) is 23.6. The zero-order valence-electron chi connectivity index (χ0n) is 12.4. The van der Waals surface area contributed by atoms with E-state index in [-0.39, 0.29) is 16.5 Å². The molecule has 0 unspecified atom stereocenters. The number of halogens is 1. The van der Waals surface area contributed by atoms with Gasteiger partial charge in [0.25, 0.3) is 6.29 Å². The summed E-state index contributed by atoms with van der Waals surface area (Å²) in [5.41, 5.74) is 0.703. The highest BCUT2D eigenvalue weighted by molar-refractivity contribution is 6.42. The molecule has 7 nitrogen and oxygen atoms in total. The van der Waals surface area contributed by atoms with Gasteiger partial charge >= 0.3 is 11.9 Å². The van der Waals surface area contributed by atoms with Gasteiger partial charge in [-0.15, -0.1) is 0 Å². The van der Waals surface area contributed by atoms with Crippen LogP contribution < -0.4 is 10.1 Å². The lowest BCUT2D eigenvalue weighted by Crippen LogP contribution is -2.24. The third-order valence-electron chi connectivity index (χ3n) is 3.15. The van der Waals surface area contributed by atoms with Crippen LogP contribution >= 0.6 is 11.6 Å². The average molecular weight is 350 g/mol. The molecule has 8 heteroatoms. The molecule has 0 aliphatic carbocycles. The second-order valence-corrected chi connectivity index (χ2v) is 5.08. The van der Waals surface area contributed by atoms with Crippen molar-refractivity contribution in [3.63, 3.8) is 0 Å². The number of benzene rings is 1. The number of nitrogens with one attached hydrogen (secondary N) is 1.